The Labute approximate surface area is 172 Å². The number of aryl methyl sites for hydroxylation is 1. The molecule has 0 atom stereocenters. The number of ether oxygens (including phenoxy) is 1. The Hall–Kier alpha value is -3.94. The van der Waals surface area contributed by atoms with Crippen molar-refractivity contribution in [2.75, 3.05) is 12.4 Å². The number of aromatic carboxylic acids is 1. The highest BCUT2D eigenvalue weighted by Crippen LogP contribution is 2.32. The Morgan fingerprint density at radius 3 is 2.43 bits per heavy atom. The van der Waals surface area contributed by atoms with Crippen LogP contribution in [0.25, 0.3) is 11.3 Å². The van der Waals surface area contributed by atoms with E-state index in [2.05, 4.69) is 10.4 Å². The molecule has 0 bridgehead atoms. The Bertz CT molecular complexity index is 1170. The molecule has 8 nitrogen and oxygen atoms in total. The van der Waals surface area contributed by atoms with Crippen molar-refractivity contribution in [1.29, 1.82) is 0 Å². The predicted molar refractivity (Wildman–Crippen MR) is 113 cm³/mol. The minimum Gasteiger partial charge on any atom is -0.495 e. The van der Waals surface area contributed by atoms with E-state index in [9.17, 15) is 19.5 Å². The number of methoxy groups -OCH3 is 1. The molecule has 3 aromatic rings. The lowest BCUT2D eigenvalue weighted by atomic mass is 10.0. The zero-order valence-corrected chi connectivity index (χ0v) is 16.8. The Morgan fingerprint density at radius 2 is 1.87 bits per heavy atom. The second-order valence-electron chi connectivity index (χ2n) is 6.49. The summed E-state index contributed by atoms with van der Waals surface area (Å²) in [7, 11) is 1.39. The summed E-state index contributed by atoms with van der Waals surface area (Å²) in [5, 5.41) is 16.6. The van der Waals surface area contributed by atoms with Crippen molar-refractivity contribution >= 4 is 23.1 Å². The van der Waals surface area contributed by atoms with Gasteiger partial charge in [-0.1, -0.05) is 30.3 Å². The average molecular weight is 407 g/mol. The number of Topliss-reactive ketones (excluding diaryl/α,β-unsaturated/α-hetero) is 1. The maximum atomic E-state index is 13.0. The minimum absolute atomic E-state index is 0.0369. The van der Waals surface area contributed by atoms with Gasteiger partial charge < -0.3 is 15.2 Å². The second-order valence-corrected chi connectivity index (χ2v) is 6.49. The number of carboxylic acids is 1. The highest BCUT2D eigenvalue weighted by atomic mass is 16.5. The maximum absolute atomic E-state index is 13.0. The highest BCUT2D eigenvalue weighted by Gasteiger charge is 2.23. The summed E-state index contributed by atoms with van der Waals surface area (Å²) >= 11 is 0. The maximum Gasteiger partial charge on any atom is 0.335 e. The molecule has 3 rings (SSSR count). The fourth-order valence-corrected chi connectivity index (χ4v) is 3.10. The minimum atomic E-state index is -1.10. The molecule has 8 heteroatoms. The standard InChI is InChI=1S/C22H21N3O5/c1-4-25-21(27)20(23-16-11-10-15(22(28)29)12-17(16)30-3)18(13(2)26)19(24-25)14-8-6-5-7-9-14/h5-12,23H,4H2,1-3H3,(H,28,29). The van der Waals surface area contributed by atoms with E-state index in [1.165, 1.54) is 36.9 Å². The van der Waals surface area contributed by atoms with E-state index in [4.69, 9.17) is 4.74 Å². The number of benzene rings is 2. The van der Waals surface area contributed by atoms with Crippen LogP contribution < -0.4 is 15.6 Å². The van der Waals surface area contributed by atoms with Crippen LogP contribution in [-0.4, -0.2) is 33.7 Å². The summed E-state index contributed by atoms with van der Waals surface area (Å²) in [4.78, 5) is 36.8. The summed E-state index contributed by atoms with van der Waals surface area (Å²) < 4.78 is 6.56. The third kappa shape index (κ3) is 3.93. The molecule has 0 spiro atoms. The van der Waals surface area contributed by atoms with Gasteiger partial charge >= 0.3 is 5.97 Å². The molecule has 1 aromatic heterocycles. The summed E-state index contributed by atoms with van der Waals surface area (Å²) in [5.74, 6) is -1.21. The molecule has 1 heterocycles. The number of carbonyl (C=O) groups is 2. The lowest BCUT2D eigenvalue weighted by molar-refractivity contribution is 0.0696. The molecular formula is C22H21N3O5. The topological polar surface area (TPSA) is 111 Å². The van der Waals surface area contributed by atoms with Gasteiger partial charge in [0.25, 0.3) is 5.56 Å². The van der Waals surface area contributed by atoms with Crippen LogP contribution in [0.1, 0.15) is 34.6 Å². The van der Waals surface area contributed by atoms with Gasteiger partial charge in [0.2, 0.25) is 0 Å². The molecule has 2 N–H and O–H groups in total. The summed E-state index contributed by atoms with van der Waals surface area (Å²) in [5.41, 5.74) is 1.21. The van der Waals surface area contributed by atoms with Crippen LogP contribution in [0.4, 0.5) is 11.4 Å². The quantitative estimate of drug-likeness (QED) is 0.576. The Morgan fingerprint density at radius 1 is 1.17 bits per heavy atom. The third-order valence-electron chi connectivity index (χ3n) is 4.56. The van der Waals surface area contributed by atoms with E-state index >= 15 is 0 Å². The second kappa shape index (κ2) is 8.60. The van der Waals surface area contributed by atoms with Crippen LogP contribution in [0.3, 0.4) is 0 Å². The molecule has 0 unspecified atom stereocenters. The first-order valence-electron chi connectivity index (χ1n) is 9.27. The van der Waals surface area contributed by atoms with Crippen molar-refractivity contribution in [2.24, 2.45) is 0 Å². The number of rotatable bonds is 7. The van der Waals surface area contributed by atoms with E-state index in [1.54, 1.807) is 6.92 Å². The highest BCUT2D eigenvalue weighted by molar-refractivity contribution is 6.05. The van der Waals surface area contributed by atoms with Crippen LogP contribution in [0.2, 0.25) is 0 Å². The monoisotopic (exact) mass is 407 g/mol. The van der Waals surface area contributed by atoms with Crippen LogP contribution in [0.15, 0.2) is 53.3 Å². The number of hydrogen-bond acceptors (Lipinski definition) is 6. The number of ketones is 1. The smallest absolute Gasteiger partial charge is 0.335 e. The molecule has 0 fully saturated rings. The first kappa shape index (κ1) is 20.8. The lowest BCUT2D eigenvalue weighted by Crippen LogP contribution is -2.28. The number of anilines is 2. The van der Waals surface area contributed by atoms with Gasteiger partial charge in [-0.2, -0.15) is 5.10 Å². The molecule has 0 aliphatic rings. The van der Waals surface area contributed by atoms with Crippen molar-refractivity contribution < 1.29 is 19.4 Å². The number of nitrogens with zero attached hydrogens (tertiary/aromatic N) is 2. The van der Waals surface area contributed by atoms with Gasteiger partial charge in [0, 0.05) is 12.1 Å². The molecule has 2 aromatic carbocycles. The largest absolute Gasteiger partial charge is 0.495 e. The third-order valence-corrected chi connectivity index (χ3v) is 4.56. The molecule has 0 amide bonds. The van der Waals surface area contributed by atoms with Gasteiger partial charge in [0.05, 0.1) is 23.9 Å². The molecular weight excluding hydrogens is 386 g/mol. The van der Waals surface area contributed by atoms with Gasteiger partial charge in [0.15, 0.2) is 5.78 Å². The molecule has 0 aliphatic heterocycles. The first-order valence-corrected chi connectivity index (χ1v) is 9.27. The predicted octanol–water partition coefficient (Wildman–Crippen LogP) is 3.58. The first-order chi connectivity index (χ1) is 14.4. The van der Waals surface area contributed by atoms with Gasteiger partial charge in [-0.15, -0.1) is 0 Å². The Balaban J connectivity index is 2.25. The van der Waals surface area contributed by atoms with Crippen LogP contribution >= 0.6 is 0 Å². The summed E-state index contributed by atoms with van der Waals surface area (Å²) in [6.45, 7) is 3.46. The zero-order chi connectivity index (χ0) is 21.8. The van der Waals surface area contributed by atoms with Crippen molar-refractivity contribution in [2.45, 2.75) is 20.4 Å². The van der Waals surface area contributed by atoms with Gasteiger partial charge in [-0.25, -0.2) is 9.48 Å². The number of carbonyl (C=O) groups excluding carboxylic acids is 1. The van der Waals surface area contributed by atoms with Gasteiger partial charge in [-0.3, -0.25) is 9.59 Å². The van der Waals surface area contributed by atoms with Crippen molar-refractivity contribution in [3.63, 3.8) is 0 Å². The van der Waals surface area contributed by atoms with E-state index in [0.29, 0.717) is 23.5 Å². The van der Waals surface area contributed by atoms with Crippen molar-refractivity contribution in [3.05, 3.63) is 70.0 Å². The number of carboxylic acid groups (broad SMARTS) is 1. The van der Waals surface area contributed by atoms with E-state index < -0.39 is 11.5 Å². The normalized spacial score (nSPS) is 10.5. The van der Waals surface area contributed by atoms with Crippen LogP contribution in [-0.2, 0) is 6.54 Å². The van der Waals surface area contributed by atoms with E-state index in [0.717, 1.165) is 0 Å². The van der Waals surface area contributed by atoms with Crippen LogP contribution in [0.5, 0.6) is 5.75 Å². The van der Waals surface area contributed by atoms with Gasteiger partial charge in [0.1, 0.15) is 17.1 Å². The summed E-state index contributed by atoms with van der Waals surface area (Å²) in [6, 6.07) is 13.3. The number of nitrogens with one attached hydrogen (secondary N) is 1. The SMILES string of the molecule is CCn1nc(-c2ccccc2)c(C(C)=O)c(Nc2ccc(C(=O)O)cc2OC)c1=O. The zero-order valence-electron chi connectivity index (χ0n) is 16.8. The van der Waals surface area contributed by atoms with Gasteiger partial charge in [-0.05, 0) is 32.0 Å². The lowest BCUT2D eigenvalue weighted by Gasteiger charge is -2.17. The Kier molecular flexibility index (Phi) is 5.96. The molecule has 0 radical (unpaired) electrons. The summed E-state index contributed by atoms with van der Waals surface area (Å²) in [6.07, 6.45) is 0. The number of aromatic nitrogens is 2. The van der Waals surface area contributed by atoms with Crippen molar-refractivity contribution in [3.8, 4) is 17.0 Å². The number of hydrogen-bond donors (Lipinski definition) is 2. The average Bonchev–Trinajstić information content (AvgIpc) is 2.75. The molecule has 0 saturated carbocycles. The van der Waals surface area contributed by atoms with Crippen LogP contribution in [0, 0.1) is 0 Å². The van der Waals surface area contributed by atoms with E-state index in [-0.39, 0.29) is 28.3 Å². The molecule has 30 heavy (non-hydrogen) atoms. The molecule has 0 saturated heterocycles. The van der Waals surface area contributed by atoms with Crippen molar-refractivity contribution in [1.82, 2.24) is 9.78 Å². The van der Waals surface area contributed by atoms with E-state index in [1.807, 2.05) is 30.3 Å². The molecule has 0 aliphatic carbocycles. The molecule has 154 valence electrons. The fraction of sp³-hybridized carbons (Fsp3) is 0.182. The fourth-order valence-electron chi connectivity index (χ4n) is 3.10.